The number of para-hydroxylation sites is 1. The van der Waals surface area contributed by atoms with Gasteiger partial charge in [0.05, 0.1) is 15.6 Å². The molecule has 0 radical (unpaired) electrons. The molecule has 190 valence electrons. The molecule has 0 saturated heterocycles. The SMILES string of the molecule is CCNC(=O)[C@H](C)N(Cc1ccccc1F)C(=O)CN(c1ccccc1Cl)S(=O)(=O)c1ccccc1. The van der Waals surface area contributed by atoms with Crippen LogP contribution < -0.4 is 9.62 Å². The number of benzene rings is 3. The predicted octanol–water partition coefficient (Wildman–Crippen LogP) is 4.23. The van der Waals surface area contributed by atoms with Crippen LogP contribution in [0, 0.1) is 5.82 Å². The van der Waals surface area contributed by atoms with Crippen LogP contribution in [0.25, 0.3) is 0 Å². The highest BCUT2D eigenvalue weighted by atomic mass is 35.5. The largest absolute Gasteiger partial charge is 0.355 e. The monoisotopic (exact) mass is 531 g/mol. The summed E-state index contributed by atoms with van der Waals surface area (Å²) in [7, 11) is -4.22. The zero-order valence-electron chi connectivity index (χ0n) is 19.9. The number of halogens is 2. The molecule has 7 nitrogen and oxygen atoms in total. The number of sulfonamides is 1. The summed E-state index contributed by atoms with van der Waals surface area (Å²) in [4.78, 5) is 27.4. The summed E-state index contributed by atoms with van der Waals surface area (Å²) < 4.78 is 42.6. The fourth-order valence-electron chi connectivity index (χ4n) is 3.60. The van der Waals surface area contributed by atoms with E-state index in [0.717, 1.165) is 9.21 Å². The number of likely N-dealkylation sites (N-methyl/N-ethyl adjacent to an activating group) is 1. The molecule has 1 atom stereocenters. The molecule has 0 aliphatic heterocycles. The van der Waals surface area contributed by atoms with Crippen molar-refractivity contribution in [3.05, 3.63) is 95.3 Å². The zero-order valence-corrected chi connectivity index (χ0v) is 21.5. The molecule has 2 amide bonds. The number of carbonyl (C=O) groups excluding carboxylic acids is 2. The first-order valence-electron chi connectivity index (χ1n) is 11.3. The van der Waals surface area contributed by atoms with E-state index in [9.17, 15) is 22.4 Å². The van der Waals surface area contributed by atoms with E-state index in [2.05, 4.69) is 5.32 Å². The van der Waals surface area contributed by atoms with Gasteiger partial charge < -0.3 is 10.2 Å². The summed E-state index contributed by atoms with van der Waals surface area (Å²) in [5.74, 6) is -1.69. The Kier molecular flexibility index (Phi) is 9.06. The molecule has 3 aromatic rings. The van der Waals surface area contributed by atoms with Gasteiger partial charge in [0.2, 0.25) is 11.8 Å². The Labute approximate surface area is 215 Å². The standard InChI is InChI=1S/C26H27ClFN3O4S/c1-3-29-26(33)19(2)30(17-20-11-7-9-15-23(20)28)25(32)18-31(24-16-10-8-14-22(24)27)36(34,35)21-12-5-4-6-13-21/h4-16,19H,3,17-18H2,1-2H3,(H,29,33)/t19-/m0/s1. The van der Waals surface area contributed by atoms with Crippen LogP contribution in [0.3, 0.4) is 0 Å². The Hall–Kier alpha value is -3.43. The molecule has 36 heavy (non-hydrogen) atoms. The lowest BCUT2D eigenvalue weighted by Crippen LogP contribution is -2.51. The summed E-state index contributed by atoms with van der Waals surface area (Å²) in [5.41, 5.74) is 0.296. The van der Waals surface area contributed by atoms with Crippen molar-refractivity contribution >= 4 is 39.1 Å². The van der Waals surface area contributed by atoms with Gasteiger partial charge in [-0.3, -0.25) is 13.9 Å². The van der Waals surface area contributed by atoms with E-state index < -0.39 is 40.2 Å². The molecular formula is C26H27ClFN3O4S. The van der Waals surface area contributed by atoms with Gasteiger partial charge in [-0.2, -0.15) is 0 Å². The van der Waals surface area contributed by atoms with Crippen LogP contribution in [0.15, 0.2) is 83.8 Å². The molecule has 10 heteroatoms. The molecule has 0 fully saturated rings. The molecule has 3 rings (SSSR count). The van der Waals surface area contributed by atoms with Gasteiger partial charge >= 0.3 is 0 Å². The number of nitrogens with zero attached hydrogens (tertiary/aromatic N) is 2. The number of hydrogen-bond donors (Lipinski definition) is 1. The van der Waals surface area contributed by atoms with Gasteiger partial charge in [-0.1, -0.05) is 60.1 Å². The Morgan fingerprint density at radius 3 is 2.22 bits per heavy atom. The topological polar surface area (TPSA) is 86.8 Å². The summed E-state index contributed by atoms with van der Waals surface area (Å²) in [6.07, 6.45) is 0. The minimum Gasteiger partial charge on any atom is -0.355 e. The first kappa shape index (κ1) is 27.2. The normalized spacial score (nSPS) is 12.0. The highest BCUT2D eigenvalue weighted by Gasteiger charge is 2.33. The molecule has 0 aromatic heterocycles. The summed E-state index contributed by atoms with van der Waals surface area (Å²) in [5, 5.41) is 2.78. The van der Waals surface area contributed by atoms with E-state index in [1.54, 1.807) is 43.3 Å². The van der Waals surface area contributed by atoms with Crippen molar-refractivity contribution in [1.82, 2.24) is 10.2 Å². The van der Waals surface area contributed by atoms with Crippen LogP contribution in [0.5, 0.6) is 0 Å². The number of carbonyl (C=O) groups is 2. The third-order valence-electron chi connectivity index (χ3n) is 5.55. The number of rotatable bonds is 10. The number of nitrogens with one attached hydrogen (secondary N) is 1. The van der Waals surface area contributed by atoms with Crippen molar-refractivity contribution < 1.29 is 22.4 Å². The van der Waals surface area contributed by atoms with Crippen LogP contribution >= 0.6 is 11.6 Å². The van der Waals surface area contributed by atoms with Crippen molar-refractivity contribution in [2.45, 2.75) is 31.3 Å². The molecule has 0 spiro atoms. The van der Waals surface area contributed by atoms with Gasteiger partial charge in [0.25, 0.3) is 10.0 Å². The molecule has 0 aliphatic rings. The molecule has 0 bridgehead atoms. The van der Waals surface area contributed by atoms with Crippen LogP contribution in [-0.2, 0) is 26.2 Å². The van der Waals surface area contributed by atoms with Crippen molar-refractivity contribution in [2.24, 2.45) is 0 Å². The summed E-state index contributed by atoms with van der Waals surface area (Å²) >= 11 is 6.34. The highest BCUT2D eigenvalue weighted by molar-refractivity contribution is 7.92. The molecule has 0 aliphatic carbocycles. The molecule has 0 saturated carbocycles. The van der Waals surface area contributed by atoms with Gasteiger partial charge in [0.1, 0.15) is 18.4 Å². The molecule has 0 heterocycles. The maximum absolute atomic E-state index is 14.5. The highest BCUT2D eigenvalue weighted by Crippen LogP contribution is 2.30. The van der Waals surface area contributed by atoms with Crippen molar-refractivity contribution in [1.29, 1.82) is 0 Å². The fourth-order valence-corrected chi connectivity index (χ4v) is 5.34. The van der Waals surface area contributed by atoms with Crippen molar-refractivity contribution in [3.63, 3.8) is 0 Å². The smallest absolute Gasteiger partial charge is 0.264 e. The lowest BCUT2D eigenvalue weighted by atomic mass is 10.1. The summed E-state index contributed by atoms with van der Waals surface area (Å²) in [6, 6.07) is 18.8. The van der Waals surface area contributed by atoms with E-state index in [1.807, 2.05) is 0 Å². The third-order valence-corrected chi connectivity index (χ3v) is 7.64. The minimum atomic E-state index is -4.22. The number of hydrogen-bond acceptors (Lipinski definition) is 4. The molecule has 1 N–H and O–H groups in total. The van der Waals surface area contributed by atoms with Crippen LogP contribution in [0.2, 0.25) is 5.02 Å². The second-order valence-electron chi connectivity index (χ2n) is 7.96. The predicted molar refractivity (Wildman–Crippen MR) is 138 cm³/mol. The first-order chi connectivity index (χ1) is 17.2. The second-order valence-corrected chi connectivity index (χ2v) is 10.2. The zero-order chi connectivity index (χ0) is 26.3. The van der Waals surface area contributed by atoms with Crippen LogP contribution in [-0.4, -0.2) is 44.3 Å². The van der Waals surface area contributed by atoms with E-state index in [4.69, 9.17) is 11.6 Å². The van der Waals surface area contributed by atoms with E-state index in [0.29, 0.717) is 6.54 Å². The van der Waals surface area contributed by atoms with E-state index in [1.165, 1.54) is 49.4 Å². The Balaban J connectivity index is 2.04. The lowest BCUT2D eigenvalue weighted by Gasteiger charge is -2.32. The quantitative estimate of drug-likeness (QED) is 0.424. The third kappa shape index (κ3) is 6.22. The van der Waals surface area contributed by atoms with Gasteiger partial charge in [0.15, 0.2) is 0 Å². The van der Waals surface area contributed by atoms with Gasteiger partial charge in [-0.05, 0) is 44.2 Å². The summed E-state index contributed by atoms with van der Waals surface area (Å²) in [6.45, 7) is 2.69. The minimum absolute atomic E-state index is 0.0323. The maximum atomic E-state index is 14.5. The number of amides is 2. The molecular weight excluding hydrogens is 505 g/mol. The van der Waals surface area contributed by atoms with Crippen LogP contribution in [0.1, 0.15) is 19.4 Å². The van der Waals surface area contributed by atoms with Crippen molar-refractivity contribution in [2.75, 3.05) is 17.4 Å². The molecule has 0 unspecified atom stereocenters. The first-order valence-corrected chi connectivity index (χ1v) is 13.1. The van der Waals surface area contributed by atoms with E-state index >= 15 is 0 Å². The average Bonchev–Trinajstić information content (AvgIpc) is 2.87. The number of anilines is 1. The van der Waals surface area contributed by atoms with Gasteiger partial charge in [0, 0.05) is 18.7 Å². The van der Waals surface area contributed by atoms with Crippen LogP contribution in [0.4, 0.5) is 10.1 Å². The molecule has 3 aromatic carbocycles. The van der Waals surface area contributed by atoms with Gasteiger partial charge in [-0.25, -0.2) is 12.8 Å². The fraction of sp³-hybridized carbons (Fsp3) is 0.231. The lowest BCUT2D eigenvalue weighted by molar-refractivity contribution is -0.139. The van der Waals surface area contributed by atoms with Crippen molar-refractivity contribution in [3.8, 4) is 0 Å². The second kappa shape index (κ2) is 12.0. The average molecular weight is 532 g/mol. The maximum Gasteiger partial charge on any atom is 0.264 e. The van der Waals surface area contributed by atoms with Gasteiger partial charge in [-0.15, -0.1) is 0 Å². The Bertz CT molecular complexity index is 1320. The Morgan fingerprint density at radius 2 is 1.58 bits per heavy atom. The Morgan fingerprint density at radius 1 is 0.972 bits per heavy atom. The van der Waals surface area contributed by atoms with E-state index in [-0.39, 0.29) is 27.7 Å².